The van der Waals surface area contributed by atoms with Crippen LogP contribution in [0.5, 0.6) is 0 Å². The van der Waals surface area contributed by atoms with Crippen molar-refractivity contribution >= 4 is 47.0 Å². The largest absolute Gasteiger partial charge is 0.455 e. The van der Waals surface area contributed by atoms with Gasteiger partial charge in [0, 0.05) is 17.6 Å². The van der Waals surface area contributed by atoms with Gasteiger partial charge in [0.1, 0.15) is 5.76 Å². The normalized spacial score (nSPS) is 10.3. The first-order valence-electron chi connectivity index (χ1n) is 7.90. The van der Waals surface area contributed by atoms with Gasteiger partial charge in [-0.2, -0.15) is 0 Å². The third-order valence-corrected chi connectivity index (χ3v) is 4.27. The molecule has 0 atom stereocenters. The second-order valence-corrected chi connectivity index (χ2v) is 6.85. The lowest BCUT2D eigenvalue weighted by atomic mass is 10.2. The molecule has 2 N–H and O–H groups in total. The summed E-state index contributed by atoms with van der Waals surface area (Å²) in [6.07, 6.45) is 0. The van der Waals surface area contributed by atoms with E-state index >= 15 is 0 Å². The van der Waals surface area contributed by atoms with Crippen molar-refractivity contribution in [3.8, 4) is 0 Å². The fourth-order valence-corrected chi connectivity index (χ4v) is 2.61. The third-order valence-electron chi connectivity index (χ3n) is 3.12. The van der Waals surface area contributed by atoms with E-state index in [1.54, 1.807) is 37.3 Å². The molecule has 27 heavy (non-hydrogen) atoms. The molecule has 1 heterocycles. The average molecular weight is 412 g/mol. The summed E-state index contributed by atoms with van der Waals surface area (Å²) in [5.74, 6) is -0.413. The van der Waals surface area contributed by atoms with Crippen LogP contribution in [0.1, 0.15) is 11.3 Å². The van der Waals surface area contributed by atoms with Crippen LogP contribution < -0.4 is 10.6 Å². The number of rotatable bonds is 9. The van der Waals surface area contributed by atoms with E-state index in [9.17, 15) is 14.4 Å². The zero-order valence-corrected chi connectivity index (χ0v) is 16.1. The first kappa shape index (κ1) is 20.8. The molecule has 0 spiro atoms. The van der Waals surface area contributed by atoms with Crippen molar-refractivity contribution in [2.75, 3.05) is 23.4 Å². The van der Waals surface area contributed by atoms with Crippen molar-refractivity contribution in [2.24, 2.45) is 0 Å². The highest BCUT2D eigenvalue weighted by atomic mass is 35.5. The number of carbonyl (C=O) groups is 3. The minimum Gasteiger partial charge on any atom is -0.455 e. The summed E-state index contributed by atoms with van der Waals surface area (Å²) in [5.41, 5.74) is 0.878. The fraction of sp³-hybridized carbons (Fsp3) is 0.294. The SMILES string of the molecule is Cc1cc(NC(=O)CSCC(=O)OCC(=O)NCc2ccc(Cl)cc2)no1. The van der Waals surface area contributed by atoms with Gasteiger partial charge >= 0.3 is 5.97 Å². The lowest BCUT2D eigenvalue weighted by Gasteiger charge is -2.07. The van der Waals surface area contributed by atoms with Gasteiger partial charge in [-0.1, -0.05) is 28.9 Å². The fourth-order valence-electron chi connectivity index (χ4n) is 1.87. The molecule has 0 aliphatic heterocycles. The average Bonchev–Trinajstić information content (AvgIpc) is 3.04. The molecule has 0 aliphatic carbocycles. The van der Waals surface area contributed by atoms with Gasteiger partial charge in [0.25, 0.3) is 5.91 Å². The number of aryl methyl sites for hydroxylation is 1. The zero-order valence-electron chi connectivity index (χ0n) is 14.5. The molecule has 2 aromatic rings. The Morgan fingerprint density at radius 1 is 1.19 bits per heavy atom. The van der Waals surface area contributed by atoms with Crippen LogP contribution >= 0.6 is 23.4 Å². The minimum atomic E-state index is -0.577. The van der Waals surface area contributed by atoms with E-state index in [2.05, 4.69) is 15.8 Å². The van der Waals surface area contributed by atoms with Crippen LogP contribution in [0, 0.1) is 6.92 Å². The number of ether oxygens (including phenoxy) is 1. The first-order valence-corrected chi connectivity index (χ1v) is 9.43. The summed E-state index contributed by atoms with van der Waals surface area (Å²) in [5, 5.41) is 9.41. The lowest BCUT2D eigenvalue weighted by molar-refractivity contribution is -0.145. The Bertz CT molecular complexity index is 794. The second-order valence-electron chi connectivity index (χ2n) is 5.43. The van der Waals surface area contributed by atoms with Crippen molar-refractivity contribution in [3.63, 3.8) is 0 Å². The van der Waals surface area contributed by atoms with Gasteiger partial charge in [0.2, 0.25) is 5.91 Å². The van der Waals surface area contributed by atoms with Crippen molar-refractivity contribution in [3.05, 3.63) is 46.7 Å². The van der Waals surface area contributed by atoms with Gasteiger partial charge < -0.3 is 19.9 Å². The maximum atomic E-state index is 11.7. The van der Waals surface area contributed by atoms with Crippen molar-refractivity contribution < 1.29 is 23.6 Å². The van der Waals surface area contributed by atoms with Crippen LogP contribution in [0.3, 0.4) is 0 Å². The number of amides is 2. The van der Waals surface area contributed by atoms with Gasteiger partial charge in [0.05, 0.1) is 11.5 Å². The summed E-state index contributed by atoms with van der Waals surface area (Å²) < 4.78 is 9.69. The molecular weight excluding hydrogens is 394 g/mol. The number of hydrogen-bond acceptors (Lipinski definition) is 7. The Kier molecular flexibility index (Phi) is 8.15. The Morgan fingerprint density at radius 3 is 2.59 bits per heavy atom. The standard InChI is InChI=1S/C17H18ClN3O5S/c1-11-6-14(21-26-11)20-16(23)9-27-10-17(24)25-8-15(22)19-7-12-2-4-13(18)5-3-12/h2-6H,7-10H2,1H3,(H,19,22)(H,20,21,23). The van der Waals surface area contributed by atoms with E-state index < -0.39 is 11.9 Å². The Balaban J connectivity index is 1.56. The number of benzene rings is 1. The quantitative estimate of drug-likeness (QED) is 0.608. The van der Waals surface area contributed by atoms with E-state index in [4.69, 9.17) is 20.9 Å². The van der Waals surface area contributed by atoms with Crippen LogP contribution in [0.4, 0.5) is 5.82 Å². The predicted molar refractivity (Wildman–Crippen MR) is 101 cm³/mol. The predicted octanol–water partition coefficient (Wildman–Crippen LogP) is 2.17. The van der Waals surface area contributed by atoms with Crippen LogP contribution in [-0.4, -0.2) is 41.1 Å². The molecule has 1 aromatic heterocycles. The van der Waals surface area contributed by atoms with Gasteiger partial charge in [0.15, 0.2) is 12.4 Å². The van der Waals surface area contributed by atoms with Crippen LogP contribution in [0.15, 0.2) is 34.9 Å². The molecule has 0 aliphatic rings. The summed E-state index contributed by atoms with van der Waals surface area (Å²) in [6, 6.07) is 8.60. The Morgan fingerprint density at radius 2 is 1.93 bits per heavy atom. The number of nitrogens with one attached hydrogen (secondary N) is 2. The highest BCUT2D eigenvalue weighted by Crippen LogP contribution is 2.10. The summed E-state index contributed by atoms with van der Waals surface area (Å²) in [7, 11) is 0. The molecule has 10 heteroatoms. The zero-order chi connectivity index (χ0) is 19.6. The van der Waals surface area contributed by atoms with Gasteiger partial charge in [-0.05, 0) is 24.6 Å². The molecule has 1 aromatic carbocycles. The summed E-state index contributed by atoms with van der Waals surface area (Å²) in [4.78, 5) is 35.0. The molecule has 0 unspecified atom stereocenters. The van der Waals surface area contributed by atoms with Crippen molar-refractivity contribution in [1.29, 1.82) is 0 Å². The first-order chi connectivity index (χ1) is 12.9. The molecule has 2 rings (SSSR count). The highest BCUT2D eigenvalue weighted by Gasteiger charge is 2.10. The number of halogens is 1. The number of esters is 1. The topological polar surface area (TPSA) is 111 Å². The van der Waals surface area contributed by atoms with Gasteiger partial charge in [-0.15, -0.1) is 11.8 Å². The molecule has 0 saturated heterocycles. The van der Waals surface area contributed by atoms with Crippen molar-refractivity contribution in [1.82, 2.24) is 10.5 Å². The maximum absolute atomic E-state index is 11.7. The molecule has 0 radical (unpaired) electrons. The molecule has 0 fully saturated rings. The maximum Gasteiger partial charge on any atom is 0.316 e. The number of hydrogen-bond donors (Lipinski definition) is 2. The monoisotopic (exact) mass is 411 g/mol. The molecule has 144 valence electrons. The van der Waals surface area contributed by atoms with E-state index in [-0.39, 0.29) is 24.0 Å². The Labute approximate surface area is 164 Å². The van der Waals surface area contributed by atoms with Crippen LogP contribution in [-0.2, 0) is 25.7 Å². The van der Waals surface area contributed by atoms with E-state index in [0.717, 1.165) is 17.3 Å². The van der Waals surface area contributed by atoms with Gasteiger partial charge in [-0.3, -0.25) is 14.4 Å². The minimum absolute atomic E-state index is 0.0454. The number of nitrogens with zero attached hydrogens (tertiary/aromatic N) is 1. The van der Waals surface area contributed by atoms with Crippen LogP contribution in [0.25, 0.3) is 0 Å². The number of carbonyl (C=O) groups excluding carboxylic acids is 3. The van der Waals surface area contributed by atoms with Gasteiger partial charge in [-0.25, -0.2) is 0 Å². The molecule has 8 nitrogen and oxygen atoms in total. The number of aromatic nitrogens is 1. The molecular formula is C17H18ClN3O5S. The highest BCUT2D eigenvalue weighted by molar-refractivity contribution is 8.00. The summed E-state index contributed by atoms with van der Waals surface area (Å²) >= 11 is 6.85. The molecule has 0 saturated carbocycles. The van der Waals surface area contributed by atoms with Crippen molar-refractivity contribution in [2.45, 2.75) is 13.5 Å². The van der Waals surface area contributed by atoms with E-state index in [1.807, 2.05) is 0 Å². The smallest absolute Gasteiger partial charge is 0.316 e. The van der Waals surface area contributed by atoms with Crippen LogP contribution in [0.2, 0.25) is 5.02 Å². The van der Waals surface area contributed by atoms with E-state index in [0.29, 0.717) is 23.1 Å². The Hall–Kier alpha value is -2.52. The number of thioether (sulfide) groups is 1. The second kappa shape index (κ2) is 10.6. The van der Waals surface area contributed by atoms with E-state index in [1.165, 1.54) is 0 Å². The lowest BCUT2D eigenvalue weighted by Crippen LogP contribution is -2.28. The summed E-state index contributed by atoms with van der Waals surface area (Å²) in [6.45, 7) is 1.64. The third kappa shape index (κ3) is 8.14. The molecule has 2 amide bonds. The molecule has 0 bridgehead atoms. The number of anilines is 1.